The summed E-state index contributed by atoms with van der Waals surface area (Å²) in [5, 5.41) is 0. The van der Waals surface area contributed by atoms with Gasteiger partial charge in [-0.25, -0.2) is 0 Å². The molecule has 0 nitrogen and oxygen atoms in total. The summed E-state index contributed by atoms with van der Waals surface area (Å²) in [6.07, 6.45) is 8.24. The zero-order valence-electron chi connectivity index (χ0n) is 3.81. The number of hydrogen-bond acceptors (Lipinski definition) is 0. The molecule has 0 atom stereocenters. The second kappa shape index (κ2) is 3.48. The Balaban J connectivity index is 0.000000360. The van der Waals surface area contributed by atoms with Crippen molar-refractivity contribution in [3.8, 4) is 0 Å². The van der Waals surface area contributed by atoms with Crippen LogP contribution < -0.4 is 0 Å². The predicted octanol–water partition coefficient (Wildman–Crippen LogP) is 1.06. The van der Waals surface area contributed by atoms with Crippen LogP contribution in [-0.2, 0) is 0 Å². The van der Waals surface area contributed by atoms with Crippen molar-refractivity contribution >= 4 is 29.6 Å². The SMILES string of the molecule is C[C]1C=CC=C1.[NaH]. The third-order valence-electron chi connectivity index (χ3n) is 0.829. The van der Waals surface area contributed by atoms with Crippen molar-refractivity contribution in [2.45, 2.75) is 6.92 Å². The first-order chi connectivity index (χ1) is 2.89. The van der Waals surface area contributed by atoms with Crippen LogP contribution in [-0.4, -0.2) is 29.6 Å². The Kier molecular flexibility index (Phi) is 3.72. The van der Waals surface area contributed by atoms with E-state index >= 15 is 0 Å². The monoisotopic (exact) mass is 103 g/mol. The summed E-state index contributed by atoms with van der Waals surface area (Å²) in [6.45, 7) is 2.08. The van der Waals surface area contributed by atoms with Crippen LogP contribution in [0.5, 0.6) is 0 Å². The van der Waals surface area contributed by atoms with Crippen molar-refractivity contribution in [3.05, 3.63) is 30.2 Å². The van der Waals surface area contributed by atoms with Crippen molar-refractivity contribution in [3.63, 3.8) is 0 Å². The first kappa shape index (κ1) is 7.48. The van der Waals surface area contributed by atoms with Gasteiger partial charge in [0.15, 0.2) is 0 Å². The second-order valence-corrected chi connectivity index (χ2v) is 1.46. The zero-order valence-corrected chi connectivity index (χ0v) is 3.81. The summed E-state index contributed by atoms with van der Waals surface area (Å²) in [7, 11) is 0. The normalized spacial score (nSPS) is 17.3. The average molecular weight is 103 g/mol. The van der Waals surface area contributed by atoms with Crippen LogP contribution in [0, 0.1) is 5.92 Å². The molecule has 0 heterocycles. The van der Waals surface area contributed by atoms with Crippen LogP contribution in [0.3, 0.4) is 0 Å². The van der Waals surface area contributed by atoms with Crippen molar-refractivity contribution < 1.29 is 0 Å². The molecule has 0 fully saturated rings. The number of hydrogen-bond donors (Lipinski definition) is 0. The fourth-order valence-corrected chi connectivity index (χ4v) is 0.470. The Morgan fingerprint density at radius 3 is 1.71 bits per heavy atom. The fourth-order valence-electron chi connectivity index (χ4n) is 0.470. The fraction of sp³-hybridized carbons (Fsp3) is 0.167. The van der Waals surface area contributed by atoms with Crippen molar-refractivity contribution in [2.75, 3.05) is 0 Å². The minimum absolute atomic E-state index is 0. The molecule has 1 aliphatic rings. The maximum atomic E-state index is 2.08. The molecule has 0 unspecified atom stereocenters. The molecular weight excluding hydrogens is 95.1 g/mol. The van der Waals surface area contributed by atoms with E-state index in [2.05, 4.69) is 19.1 Å². The molecule has 33 valence electrons. The molecule has 0 aromatic carbocycles. The Bertz CT molecular complexity index is 80.4. The third kappa shape index (κ3) is 2.32. The molecule has 1 heteroatoms. The third-order valence-corrected chi connectivity index (χ3v) is 0.829. The van der Waals surface area contributed by atoms with E-state index in [-0.39, 0.29) is 29.6 Å². The van der Waals surface area contributed by atoms with Crippen LogP contribution in [0.15, 0.2) is 24.3 Å². The van der Waals surface area contributed by atoms with Gasteiger partial charge in [0.1, 0.15) is 0 Å². The molecule has 0 amide bonds. The Hall–Kier alpha value is 0.480. The van der Waals surface area contributed by atoms with Gasteiger partial charge in [0, 0.05) is 5.92 Å². The number of rotatable bonds is 0. The van der Waals surface area contributed by atoms with E-state index in [1.54, 1.807) is 0 Å². The van der Waals surface area contributed by atoms with Gasteiger partial charge in [0.2, 0.25) is 0 Å². The summed E-state index contributed by atoms with van der Waals surface area (Å²) < 4.78 is 0. The molecule has 0 N–H and O–H groups in total. The van der Waals surface area contributed by atoms with Crippen molar-refractivity contribution in [1.29, 1.82) is 0 Å². The molecular formula is C6H8Na. The summed E-state index contributed by atoms with van der Waals surface area (Å²) in [5.74, 6) is 1.34. The van der Waals surface area contributed by atoms with Crippen molar-refractivity contribution in [1.82, 2.24) is 0 Å². The molecule has 0 spiro atoms. The van der Waals surface area contributed by atoms with Crippen LogP contribution in [0.1, 0.15) is 6.92 Å². The summed E-state index contributed by atoms with van der Waals surface area (Å²) in [4.78, 5) is 0. The first-order valence-electron chi connectivity index (χ1n) is 2.08. The molecule has 1 rings (SSSR count). The van der Waals surface area contributed by atoms with E-state index in [1.807, 2.05) is 12.2 Å². The van der Waals surface area contributed by atoms with Crippen molar-refractivity contribution in [2.24, 2.45) is 0 Å². The van der Waals surface area contributed by atoms with Crippen LogP contribution in [0.25, 0.3) is 0 Å². The standard InChI is InChI=1S/C6H7.Na.H/c1-6-4-2-3-5-6;;/h2-5H,1H3;;. The van der Waals surface area contributed by atoms with E-state index in [0.29, 0.717) is 0 Å². The van der Waals surface area contributed by atoms with Gasteiger partial charge in [0.05, 0.1) is 0 Å². The van der Waals surface area contributed by atoms with Crippen LogP contribution >= 0.6 is 0 Å². The Labute approximate surface area is 66.6 Å². The minimum atomic E-state index is 0. The quantitative estimate of drug-likeness (QED) is 0.402. The van der Waals surface area contributed by atoms with Gasteiger partial charge in [-0.3, -0.25) is 0 Å². The maximum absolute atomic E-state index is 2.08. The topological polar surface area (TPSA) is 0 Å². The summed E-state index contributed by atoms with van der Waals surface area (Å²) in [6, 6.07) is 0. The molecule has 1 aliphatic carbocycles. The molecule has 0 saturated carbocycles. The van der Waals surface area contributed by atoms with Gasteiger partial charge in [-0.2, -0.15) is 0 Å². The Morgan fingerprint density at radius 2 is 1.57 bits per heavy atom. The van der Waals surface area contributed by atoms with Crippen LogP contribution in [0.2, 0.25) is 0 Å². The Morgan fingerprint density at radius 1 is 1.14 bits per heavy atom. The predicted molar refractivity (Wildman–Crippen MR) is 34.3 cm³/mol. The number of allylic oxidation sites excluding steroid dienone is 4. The summed E-state index contributed by atoms with van der Waals surface area (Å²) >= 11 is 0. The molecule has 0 bridgehead atoms. The molecule has 0 saturated heterocycles. The first-order valence-corrected chi connectivity index (χ1v) is 2.08. The van der Waals surface area contributed by atoms with Crippen LogP contribution in [0.4, 0.5) is 0 Å². The molecule has 0 aliphatic heterocycles. The van der Waals surface area contributed by atoms with Gasteiger partial charge < -0.3 is 0 Å². The van der Waals surface area contributed by atoms with Gasteiger partial charge in [-0.1, -0.05) is 31.2 Å². The summed E-state index contributed by atoms with van der Waals surface area (Å²) in [5.41, 5.74) is 0. The van der Waals surface area contributed by atoms with E-state index in [1.165, 1.54) is 5.92 Å². The van der Waals surface area contributed by atoms with Gasteiger partial charge >= 0.3 is 29.6 Å². The van der Waals surface area contributed by atoms with E-state index in [4.69, 9.17) is 0 Å². The van der Waals surface area contributed by atoms with Gasteiger partial charge in [-0.05, 0) is 0 Å². The average Bonchev–Trinajstić information content (AvgIpc) is 1.86. The van der Waals surface area contributed by atoms with E-state index in [0.717, 1.165) is 0 Å². The molecule has 1 radical (unpaired) electrons. The zero-order chi connectivity index (χ0) is 4.41. The molecule has 7 heavy (non-hydrogen) atoms. The van der Waals surface area contributed by atoms with Gasteiger partial charge in [0.25, 0.3) is 0 Å². The second-order valence-electron chi connectivity index (χ2n) is 1.46. The molecule has 0 aromatic rings. The van der Waals surface area contributed by atoms with E-state index < -0.39 is 0 Å². The van der Waals surface area contributed by atoms with Gasteiger partial charge in [-0.15, -0.1) is 0 Å². The molecule has 0 aromatic heterocycles. The van der Waals surface area contributed by atoms with E-state index in [9.17, 15) is 0 Å².